The highest BCUT2D eigenvalue weighted by atomic mass is 32.2. The Morgan fingerprint density at radius 2 is 2.04 bits per heavy atom. The Bertz CT molecular complexity index is 854. The second-order valence-corrected chi connectivity index (χ2v) is 8.23. The van der Waals surface area contributed by atoms with E-state index in [9.17, 15) is 13.2 Å². The van der Waals surface area contributed by atoms with Gasteiger partial charge in [-0.2, -0.15) is 4.31 Å². The van der Waals surface area contributed by atoms with Crippen LogP contribution in [0.5, 0.6) is 0 Å². The van der Waals surface area contributed by atoms with E-state index < -0.39 is 10.0 Å². The van der Waals surface area contributed by atoms with Crippen LogP contribution in [0.3, 0.4) is 0 Å². The first-order valence-electron chi connectivity index (χ1n) is 8.64. The first-order valence-corrected chi connectivity index (χ1v) is 10.1. The summed E-state index contributed by atoms with van der Waals surface area (Å²) < 4.78 is 27.6. The molecule has 0 radical (unpaired) electrons. The lowest BCUT2D eigenvalue weighted by molar-refractivity contribution is -0.126. The van der Waals surface area contributed by atoms with Gasteiger partial charge in [-0.15, -0.1) is 0 Å². The molecular weight excluding hydrogens is 338 g/mol. The number of amides is 1. The van der Waals surface area contributed by atoms with Crippen LogP contribution in [0.15, 0.2) is 41.6 Å². The number of carbonyl (C=O) groups is 1. The van der Waals surface area contributed by atoms with Crippen LogP contribution in [0.1, 0.15) is 26.2 Å². The van der Waals surface area contributed by atoms with Gasteiger partial charge >= 0.3 is 0 Å². The topological polar surface area (TPSA) is 79.4 Å². The number of pyridine rings is 1. The lowest BCUT2D eigenvalue weighted by atomic mass is 9.97. The van der Waals surface area contributed by atoms with Crippen molar-refractivity contribution in [2.45, 2.75) is 31.1 Å². The summed E-state index contributed by atoms with van der Waals surface area (Å²) in [6, 6.07) is 6.96. The SMILES string of the molecule is CCCNC(=O)C1CCN(S(=O)(=O)c2cccc3cnccc23)CC1. The molecule has 0 unspecified atom stereocenters. The van der Waals surface area contributed by atoms with E-state index in [0.29, 0.717) is 42.8 Å². The summed E-state index contributed by atoms with van der Waals surface area (Å²) >= 11 is 0. The van der Waals surface area contributed by atoms with Crippen LogP contribution in [0, 0.1) is 5.92 Å². The van der Waals surface area contributed by atoms with E-state index in [1.165, 1.54) is 4.31 Å². The maximum atomic E-state index is 13.1. The highest BCUT2D eigenvalue weighted by Gasteiger charge is 2.32. The van der Waals surface area contributed by atoms with Crippen LogP contribution >= 0.6 is 0 Å². The van der Waals surface area contributed by atoms with Gasteiger partial charge in [0, 0.05) is 48.7 Å². The normalized spacial score (nSPS) is 16.8. The van der Waals surface area contributed by atoms with Gasteiger partial charge in [0.05, 0.1) is 4.90 Å². The van der Waals surface area contributed by atoms with Gasteiger partial charge in [0.25, 0.3) is 0 Å². The lowest BCUT2D eigenvalue weighted by Gasteiger charge is -2.30. The van der Waals surface area contributed by atoms with Crippen molar-refractivity contribution in [3.05, 3.63) is 36.7 Å². The minimum atomic E-state index is -3.58. The number of aromatic nitrogens is 1. The highest BCUT2D eigenvalue weighted by Crippen LogP contribution is 2.28. The van der Waals surface area contributed by atoms with E-state index in [0.717, 1.165) is 11.8 Å². The van der Waals surface area contributed by atoms with Crippen LogP contribution < -0.4 is 5.32 Å². The Labute approximate surface area is 148 Å². The maximum absolute atomic E-state index is 13.1. The van der Waals surface area contributed by atoms with Crippen molar-refractivity contribution in [1.29, 1.82) is 0 Å². The van der Waals surface area contributed by atoms with Gasteiger partial charge in [-0.05, 0) is 31.4 Å². The zero-order chi connectivity index (χ0) is 17.9. The van der Waals surface area contributed by atoms with E-state index in [1.807, 2.05) is 13.0 Å². The van der Waals surface area contributed by atoms with Crippen LogP contribution in [0.2, 0.25) is 0 Å². The summed E-state index contributed by atoms with van der Waals surface area (Å²) in [4.78, 5) is 16.4. The third-order valence-corrected chi connectivity index (χ3v) is 6.59. The molecule has 1 aromatic heterocycles. The second-order valence-electron chi connectivity index (χ2n) is 6.32. The molecule has 2 heterocycles. The molecular formula is C18H23N3O3S. The van der Waals surface area contributed by atoms with Gasteiger partial charge in [-0.3, -0.25) is 9.78 Å². The molecule has 0 saturated carbocycles. The molecule has 1 saturated heterocycles. The number of fused-ring (bicyclic) bond motifs is 1. The molecule has 1 N–H and O–H groups in total. The molecule has 0 atom stereocenters. The zero-order valence-electron chi connectivity index (χ0n) is 14.3. The predicted octanol–water partition coefficient (Wildman–Crippen LogP) is 2.16. The summed E-state index contributed by atoms with van der Waals surface area (Å²) in [5.74, 6) is -0.0650. The molecule has 134 valence electrons. The van der Waals surface area contributed by atoms with Crippen molar-refractivity contribution in [2.24, 2.45) is 5.92 Å². The number of benzene rings is 1. The third kappa shape index (κ3) is 3.67. The summed E-state index contributed by atoms with van der Waals surface area (Å²) in [7, 11) is -3.58. The summed E-state index contributed by atoms with van der Waals surface area (Å²) in [6.07, 6.45) is 5.28. The fourth-order valence-electron chi connectivity index (χ4n) is 3.21. The molecule has 1 aliphatic heterocycles. The van der Waals surface area contributed by atoms with E-state index in [4.69, 9.17) is 0 Å². The Morgan fingerprint density at radius 1 is 1.28 bits per heavy atom. The average molecular weight is 361 g/mol. The highest BCUT2D eigenvalue weighted by molar-refractivity contribution is 7.89. The molecule has 1 aromatic carbocycles. The number of piperidine rings is 1. The Balaban J connectivity index is 1.77. The van der Waals surface area contributed by atoms with Gasteiger partial charge in [0.2, 0.25) is 15.9 Å². The number of sulfonamides is 1. The number of nitrogens with zero attached hydrogens (tertiary/aromatic N) is 2. The Hall–Kier alpha value is -1.99. The van der Waals surface area contributed by atoms with Crippen LogP contribution in [-0.2, 0) is 14.8 Å². The van der Waals surface area contributed by atoms with Crippen LogP contribution in [0.25, 0.3) is 10.8 Å². The number of rotatable bonds is 5. The standard InChI is InChI=1S/C18H23N3O3S/c1-2-9-20-18(22)14-7-11-21(12-8-14)25(23,24)17-5-3-4-15-13-19-10-6-16(15)17/h3-6,10,13-14H,2,7-9,11-12H2,1H3,(H,20,22). The fourth-order valence-corrected chi connectivity index (χ4v) is 4.89. The van der Waals surface area contributed by atoms with Crippen molar-refractivity contribution in [3.63, 3.8) is 0 Å². The molecule has 0 bridgehead atoms. The van der Waals surface area contributed by atoms with Gasteiger partial charge in [0.1, 0.15) is 0 Å². The molecule has 1 aliphatic rings. The lowest BCUT2D eigenvalue weighted by Crippen LogP contribution is -2.43. The largest absolute Gasteiger partial charge is 0.356 e. The van der Waals surface area contributed by atoms with Gasteiger partial charge in [-0.1, -0.05) is 19.1 Å². The van der Waals surface area contributed by atoms with Crippen molar-refractivity contribution in [3.8, 4) is 0 Å². The number of hydrogen-bond donors (Lipinski definition) is 1. The molecule has 2 aromatic rings. The minimum absolute atomic E-state index is 0.0372. The maximum Gasteiger partial charge on any atom is 0.243 e. The van der Waals surface area contributed by atoms with E-state index in [1.54, 1.807) is 30.6 Å². The summed E-state index contributed by atoms with van der Waals surface area (Å²) in [5.41, 5.74) is 0. The summed E-state index contributed by atoms with van der Waals surface area (Å²) in [5, 5.41) is 4.38. The average Bonchev–Trinajstić information content (AvgIpc) is 2.65. The van der Waals surface area contributed by atoms with Gasteiger partial charge in [-0.25, -0.2) is 8.42 Å². The smallest absolute Gasteiger partial charge is 0.243 e. The first-order chi connectivity index (χ1) is 12.0. The van der Waals surface area contributed by atoms with Crippen molar-refractivity contribution < 1.29 is 13.2 Å². The first kappa shape index (κ1) is 17.8. The van der Waals surface area contributed by atoms with E-state index in [2.05, 4.69) is 10.3 Å². The van der Waals surface area contributed by atoms with Crippen LogP contribution in [-0.4, -0.2) is 43.2 Å². The van der Waals surface area contributed by atoms with E-state index >= 15 is 0 Å². The Kier molecular flexibility index (Phi) is 5.34. The van der Waals surface area contributed by atoms with Crippen molar-refractivity contribution in [2.75, 3.05) is 19.6 Å². The number of nitrogens with one attached hydrogen (secondary N) is 1. The molecule has 0 spiro atoms. The molecule has 7 heteroatoms. The fraction of sp³-hybridized carbons (Fsp3) is 0.444. The molecule has 1 amide bonds. The summed E-state index contributed by atoms with van der Waals surface area (Å²) in [6.45, 7) is 3.42. The molecule has 25 heavy (non-hydrogen) atoms. The predicted molar refractivity (Wildman–Crippen MR) is 96.5 cm³/mol. The van der Waals surface area contributed by atoms with E-state index in [-0.39, 0.29) is 11.8 Å². The van der Waals surface area contributed by atoms with Crippen LogP contribution in [0.4, 0.5) is 0 Å². The third-order valence-electron chi connectivity index (χ3n) is 4.63. The van der Waals surface area contributed by atoms with Gasteiger partial charge < -0.3 is 5.32 Å². The Morgan fingerprint density at radius 3 is 2.76 bits per heavy atom. The second kappa shape index (κ2) is 7.49. The van der Waals surface area contributed by atoms with Crippen molar-refractivity contribution >= 4 is 26.7 Å². The molecule has 6 nitrogen and oxygen atoms in total. The van der Waals surface area contributed by atoms with Crippen molar-refractivity contribution in [1.82, 2.24) is 14.6 Å². The quantitative estimate of drug-likeness (QED) is 0.885. The minimum Gasteiger partial charge on any atom is -0.356 e. The monoisotopic (exact) mass is 361 g/mol. The molecule has 3 rings (SSSR count). The number of carbonyl (C=O) groups excluding carboxylic acids is 1. The number of hydrogen-bond acceptors (Lipinski definition) is 4. The molecule has 1 fully saturated rings. The zero-order valence-corrected chi connectivity index (χ0v) is 15.1. The molecule has 0 aliphatic carbocycles. The van der Waals surface area contributed by atoms with Gasteiger partial charge in [0.15, 0.2) is 0 Å².